The summed E-state index contributed by atoms with van der Waals surface area (Å²) in [7, 11) is 0. The molecule has 5 heteroatoms. The Hall–Kier alpha value is -1.65. The van der Waals surface area contributed by atoms with Gasteiger partial charge in [0.15, 0.2) is 0 Å². The molecule has 1 amide bonds. The van der Waals surface area contributed by atoms with E-state index >= 15 is 0 Å². The van der Waals surface area contributed by atoms with Crippen molar-refractivity contribution in [3.63, 3.8) is 0 Å². The van der Waals surface area contributed by atoms with Crippen LogP contribution < -0.4 is 0 Å². The number of pyridine rings is 1. The van der Waals surface area contributed by atoms with Crippen molar-refractivity contribution in [2.45, 2.75) is 6.42 Å². The maximum absolute atomic E-state index is 12.4. The van der Waals surface area contributed by atoms with Gasteiger partial charge in [0.25, 0.3) is 5.91 Å². The molecule has 1 N–H and O–H groups in total. The fourth-order valence-electron chi connectivity index (χ4n) is 2.59. The van der Waals surface area contributed by atoms with Crippen molar-refractivity contribution in [1.82, 2.24) is 9.88 Å². The largest absolute Gasteiger partial charge is 0.396 e. The van der Waals surface area contributed by atoms with Gasteiger partial charge in [-0.15, -0.1) is 0 Å². The van der Waals surface area contributed by atoms with Crippen molar-refractivity contribution in [2.75, 3.05) is 19.7 Å². The Balaban J connectivity index is 1.92. The molecule has 0 spiro atoms. The van der Waals surface area contributed by atoms with E-state index in [0.29, 0.717) is 23.9 Å². The maximum atomic E-state index is 12.4. The summed E-state index contributed by atoms with van der Waals surface area (Å²) < 4.78 is 0. The number of hydrogen-bond acceptors (Lipinski definition) is 3. The minimum atomic E-state index is -0.117. The molecule has 1 atom stereocenters. The number of amides is 1. The molecule has 1 unspecified atom stereocenters. The first-order valence-electron chi connectivity index (χ1n) is 6.64. The van der Waals surface area contributed by atoms with Gasteiger partial charge in [0, 0.05) is 31.0 Å². The van der Waals surface area contributed by atoms with Crippen molar-refractivity contribution >= 4 is 28.3 Å². The summed E-state index contributed by atoms with van der Waals surface area (Å²) in [6, 6.07) is 9.38. The SMILES string of the molecule is O=C(c1cc2ccccc2c(Cl)n1)N1CCC(CO)C1. The molecule has 0 aliphatic carbocycles. The quantitative estimate of drug-likeness (QED) is 0.864. The van der Waals surface area contributed by atoms with E-state index in [4.69, 9.17) is 16.7 Å². The Bertz CT molecular complexity index is 659. The van der Waals surface area contributed by atoms with E-state index in [1.54, 1.807) is 11.0 Å². The highest BCUT2D eigenvalue weighted by Gasteiger charge is 2.27. The summed E-state index contributed by atoms with van der Waals surface area (Å²) >= 11 is 6.15. The number of likely N-dealkylation sites (tertiary alicyclic amines) is 1. The number of fused-ring (bicyclic) bond motifs is 1. The van der Waals surface area contributed by atoms with Crippen molar-refractivity contribution in [1.29, 1.82) is 0 Å². The number of carbonyl (C=O) groups is 1. The van der Waals surface area contributed by atoms with Crippen LogP contribution in [0.3, 0.4) is 0 Å². The number of nitrogens with zero attached hydrogens (tertiary/aromatic N) is 2. The predicted molar refractivity (Wildman–Crippen MR) is 77.8 cm³/mol. The number of hydrogen-bond donors (Lipinski definition) is 1. The Morgan fingerprint density at radius 3 is 3.00 bits per heavy atom. The van der Waals surface area contributed by atoms with Crippen molar-refractivity contribution < 1.29 is 9.90 Å². The molecule has 20 heavy (non-hydrogen) atoms. The molecule has 1 fully saturated rings. The summed E-state index contributed by atoms with van der Waals surface area (Å²) in [5.41, 5.74) is 0.368. The van der Waals surface area contributed by atoms with E-state index in [9.17, 15) is 4.79 Å². The first-order chi connectivity index (χ1) is 9.69. The van der Waals surface area contributed by atoms with Gasteiger partial charge in [0.05, 0.1) is 0 Å². The third kappa shape index (κ3) is 2.37. The Morgan fingerprint density at radius 1 is 1.45 bits per heavy atom. The van der Waals surface area contributed by atoms with Crippen molar-refractivity contribution in [2.24, 2.45) is 5.92 Å². The molecule has 2 heterocycles. The average Bonchev–Trinajstić information content (AvgIpc) is 2.95. The van der Waals surface area contributed by atoms with Crippen LogP contribution in [0.5, 0.6) is 0 Å². The van der Waals surface area contributed by atoms with Crippen LogP contribution in [-0.4, -0.2) is 40.6 Å². The molecule has 0 radical (unpaired) electrons. The zero-order valence-electron chi connectivity index (χ0n) is 10.9. The number of aliphatic hydroxyl groups excluding tert-OH is 1. The summed E-state index contributed by atoms with van der Waals surface area (Å²) in [4.78, 5) is 18.4. The minimum Gasteiger partial charge on any atom is -0.396 e. The Morgan fingerprint density at radius 2 is 2.25 bits per heavy atom. The first-order valence-corrected chi connectivity index (χ1v) is 7.02. The summed E-state index contributed by atoms with van der Waals surface area (Å²) in [6.07, 6.45) is 0.837. The van der Waals surface area contributed by atoms with Crippen LogP contribution >= 0.6 is 11.6 Å². The molecule has 1 aliphatic heterocycles. The zero-order chi connectivity index (χ0) is 14.1. The van der Waals surface area contributed by atoms with E-state index in [1.165, 1.54) is 0 Å². The number of halogens is 1. The van der Waals surface area contributed by atoms with Crippen molar-refractivity contribution in [3.05, 3.63) is 41.2 Å². The fourth-order valence-corrected chi connectivity index (χ4v) is 2.86. The number of aliphatic hydroxyl groups is 1. The second-order valence-electron chi connectivity index (χ2n) is 5.11. The van der Waals surface area contributed by atoms with Gasteiger partial charge in [-0.3, -0.25) is 4.79 Å². The number of benzene rings is 1. The van der Waals surface area contributed by atoms with Gasteiger partial charge in [-0.2, -0.15) is 0 Å². The summed E-state index contributed by atoms with van der Waals surface area (Å²) in [5, 5.41) is 11.3. The van der Waals surface area contributed by atoms with Crippen LogP contribution in [0.25, 0.3) is 10.8 Å². The second kappa shape index (κ2) is 5.38. The highest BCUT2D eigenvalue weighted by Crippen LogP contribution is 2.24. The standard InChI is InChI=1S/C15H15ClN2O2/c16-14-12-4-2-1-3-11(12)7-13(17-14)15(20)18-6-5-10(8-18)9-19/h1-4,7,10,19H,5-6,8-9H2. The van der Waals surface area contributed by atoms with Crippen LogP contribution in [0.1, 0.15) is 16.9 Å². The molecule has 1 saturated heterocycles. The van der Waals surface area contributed by atoms with E-state index in [1.807, 2.05) is 24.3 Å². The van der Waals surface area contributed by atoms with E-state index in [2.05, 4.69) is 4.98 Å². The number of carbonyl (C=O) groups excluding carboxylic acids is 1. The molecule has 3 rings (SSSR count). The normalized spacial score (nSPS) is 18.7. The third-order valence-corrected chi connectivity index (χ3v) is 4.03. The monoisotopic (exact) mass is 290 g/mol. The van der Waals surface area contributed by atoms with Gasteiger partial charge in [-0.1, -0.05) is 35.9 Å². The molecule has 1 aromatic carbocycles. The topological polar surface area (TPSA) is 53.4 Å². The van der Waals surface area contributed by atoms with Gasteiger partial charge >= 0.3 is 0 Å². The van der Waals surface area contributed by atoms with E-state index < -0.39 is 0 Å². The van der Waals surface area contributed by atoms with E-state index in [0.717, 1.165) is 17.2 Å². The van der Waals surface area contributed by atoms with Gasteiger partial charge in [-0.05, 0) is 17.9 Å². The van der Waals surface area contributed by atoms with Crippen LogP contribution in [0.4, 0.5) is 0 Å². The summed E-state index contributed by atoms with van der Waals surface area (Å²) in [6.45, 7) is 1.37. The van der Waals surface area contributed by atoms with Gasteiger partial charge in [0.1, 0.15) is 10.8 Å². The van der Waals surface area contributed by atoms with Crippen LogP contribution in [0.15, 0.2) is 30.3 Å². The second-order valence-corrected chi connectivity index (χ2v) is 5.47. The lowest BCUT2D eigenvalue weighted by molar-refractivity contribution is 0.0776. The molecule has 104 valence electrons. The average molecular weight is 291 g/mol. The summed E-state index contributed by atoms with van der Waals surface area (Å²) in [5.74, 6) is 0.0588. The van der Waals surface area contributed by atoms with Crippen LogP contribution in [-0.2, 0) is 0 Å². The first kappa shape index (κ1) is 13.3. The lowest BCUT2D eigenvalue weighted by Crippen LogP contribution is -2.29. The Kier molecular flexibility index (Phi) is 3.59. The molecular weight excluding hydrogens is 276 g/mol. The fraction of sp³-hybridized carbons (Fsp3) is 0.333. The van der Waals surface area contributed by atoms with Gasteiger partial charge in [-0.25, -0.2) is 4.98 Å². The Labute approximate surface area is 122 Å². The molecule has 1 aliphatic rings. The molecule has 4 nitrogen and oxygen atoms in total. The van der Waals surface area contributed by atoms with Gasteiger partial charge in [0.2, 0.25) is 0 Å². The molecular formula is C15H15ClN2O2. The minimum absolute atomic E-state index is 0.117. The highest BCUT2D eigenvalue weighted by atomic mass is 35.5. The number of rotatable bonds is 2. The predicted octanol–water partition coefficient (Wildman–Crippen LogP) is 2.34. The van der Waals surface area contributed by atoms with Crippen LogP contribution in [0.2, 0.25) is 5.15 Å². The third-order valence-electron chi connectivity index (χ3n) is 3.74. The zero-order valence-corrected chi connectivity index (χ0v) is 11.7. The molecule has 0 bridgehead atoms. The van der Waals surface area contributed by atoms with Gasteiger partial charge < -0.3 is 10.0 Å². The lowest BCUT2D eigenvalue weighted by atomic mass is 10.1. The lowest BCUT2D eigenvalue weighted by Gasteiger charge is -2.16. The maximum Gasteiger partial charge on any atom is 0.272 e. The van der Waals surface area contributed by atoms with E-state index in [-0.39, 0.29) is 18.4 Å². The van der Waals surface area contributed by atoms with Crippen LogP contribution in [0, 0.1) is 5.92 Å². The van der Waals surface area contributed by atoms with Crippen molar-refractivity contribution in [3.8, 4) is 0 Å². The number of aromatic nitrogens is 1. The molecule has 2 aromatic rings. The molecule has 1 aromatic heterocycles. The smallest absolute Gasteiger partial charge is 0.272 e. The molecule has 0 saturated carbocycles. The highest BCUT2D eigenvalue weighted by molar-refractivity contribution is 6.34.